The standard InChI is InChI=1S/C15H14FN3O/c16-12-9-11(10-17)5-6-14(12)19-7-8-20-15-4-2-1-3-13(15)18/h1-6,9,19H,7-8,18H2. The van der Waals surface area contributed by atoms with E-state index in [9.17, 15) is 4.39 Å². The molecule has 0 fully saturated rings. The van der Waals surface area contributed by atoms with Crippen LogP contribution in [0.15, 0.2) is 42.5 Å². The highest BCUT2D eigenvalue weighted by molar-refractivity contribution is 5.52. The van der Waals surface area contributed by atoms with Crippen LogP contribution in [0.1, 0.15) is 5.56 Å². The fraction of sp³-hybridized carbons (Fsp3) is 0.133. The Morgan fingerprint density at radius 3 is 2.75 bits per heavy atom. The predicted molar refractivity (Wildman–Crippen MR) is 76.0 cm³/mol. The van der Waals surface area contributed by atoms with Crippen LogP contribution in [0.25, 0.3) is 0 Å². The SMILES string of the molecule is N#Cc1ccc(NCCOc2ccccc2N)c(F)c1. The summed E-state index contributed by atoms with van der Waals surface area (Å²) in [6.07, 6.45) is 0. The topological polar surface area (TPSA) is 71.1 Å². The number of para-hydroxylation sites is 2. The van der Waals surface area contributed by atoms with Gasteiger partial charge in [0.1, 0.15) is 18.2 Å². The van der Waals surface area contributed by atoms with Crippen LogP contribution in [-0.2, 0) is 0 Å². The summed E-state index contributed by atoms with van der Waals surface area (Å²) < 4.78 is 19.1. The molecule has 20 heavy (non-hydrogen) atoms. The molecule has 0 bridgehead atoms. The normalized spacial score (nSPS) is 9.80. The van der Waals surface area contributed by atoms with Gasteiger partial charge in [0, 0.05) is 6.54 Å². The molecule has 0 saturated heterocycles. The summed E-state index contributed by atoms with van der Waals surface area (Å²) in [7, 11) is 0. The van der Waals surface area contributed by atoms with Gasteiger partial charge in [-0.3, -0.25) is 0 Å². The third-order valence-corrected chi connectivity index (χ3v) is 2.69. The lowest BCUT2D eigenvalue weighted by Gasteiger charge is -2.10. The third-order valence-electron chi connectivity index (χ3n) is 2.69. The monoisotopic (exact) mass is 271 g/mol. The Bertz CT molecular complexity index is 637. The Balaban J connectivity index is 1.85. The molecule has 2 aromatic carbocycles. The molecule has 0 atom stereocenters. The number of hydrogen-bond acceptors (Lipinski definition) is 4. The van der Waals surface area contributed by atoms with Crippen molar-refractivity contribution in [1.29, 1.82) is 5.26 Å². The first-order valence-electron chi connectivity index (χ1n) is 6.11. The first-order chi connectivity index (χ1) is 9.70. The van der Waals surface area contributed by atoms with Crippen LogP contribution < -0.4 is 15.8 Å². The zero-order valence-corrected chi connectivity index (χ0v) is 10.8. The van der Waals surface area contributed by atoms with Crippen molar-refractivity contribution < 1.29 is 9.13 Å². The second-order valence-corrected chi connectivity index (χ2v) is 4.12. The fourth-order valence-electron chi connectivity index (χ4n) is 1.69. The minimum atomic E-state index is -0.455. The van der Waals surface area contributed by atoms with Gasteiger partial charge < -0.3 is 15.8 Å². The molecule has 0 radical (unpaired) electrons. The summed E-state index contributed by atoms with van der Waals surface area (Å²) >= 11 is 0. The van der Waals surface area contributed by atoms with Gasteiger partial charge in [-0.05, 0) is 30.3 Å². The zero-order valence-electron chi connectivity index (χ0n) is 10.8. The van der Waals surface area contributed by atoms with E-state index in [2.05, 4.69) is 5.32 Å². The molecule has 0 saturated carbocycles. The number of nitrogens with zero attached hydrogens (tertiary/aromatic N) is 1. The average molecular weight is 271 g/mol. The van der Waals surface area contributed by atoms with Crippen molar-refractivity contribution >= 4 is 11.4 Å². The summed E-state index contributed by atoms with van der Waals surface area (Å²) in [5.74, 6) is 0.151. The molecule has 0 amide bonds. The van der Waals surface area contributed by atoms with E-state index in [1.807, 2.05) is 18.2 Å². The number of halogens is 1. The second kappa shape index (κ2) is 6.43. The molecule has 102 valence electrons. The van der Waals surface area contributed by atoms with Crippen molar-refractivity contribution in [3.05, 3.63) is 53.8 Å². The quantitative estimate of drug-likeness (QED) is 0.648. The van der Waals surface area contributed by atoms with Gasteiger partial charge in [-0.1, -0.05) is 12.1 Å². The van der Waals surface area contributed by atoms with Gasteiger partial charge in [0.05, 0.1) is 23.0 Å². The van der Waals surface area contributed by atoms with Crippen LogP contribution in [0.5, 0.6) is 5.75 Å². The summed E-state index contributed by atoms with van der Waals surface area (Å²) in [4.78, 5) is 0. The van der Waals surface area contributed by atoms with Crippen LogP contribution in [0.4, 0.5) is 15.8 Å². The summed E-state index contributed by atoms with van der Waals surface area (Å²) in [5, 5.41) is 11.6. The molecule has 0 spiro atoms. The Hall–Kier alpha value is -2.74. The number of nitriles is 1. The maximum atomic E-state index is 13.6. The highest BCUT2D eigenvalue weighted by atomic mass is 19.1. The minimum absolute atomic E-state index is 0.293. The molecule has 2 aromatic rings. The molecule has 0 aliphatic heterocycles. The van der Waals surface area contributed by atoms with Gasteiger partial charge in [-0.15, -0.1) is 0 Å². The Kier molecular flexibility index (Phi) is 4.40. The fourth-order valence-corrected chi connectivity index (χ4v) is 1.69. The lowest BCUT2D eigenvalue weighted by Crippen LogP contribution is -2.13. The summed E-state index contributed by atoms with van der Waals surface area (Å²) in [6, 6.07) is 13.4. The first kappa shape index (κ1) is 13.7. The van der Waals surface area contributed by atoms with Crippen molar-refractivity contribution in [2.24, 2.45) is 0 Å². The number of nitrogen functional groups attached to an aromatic ring is 1. The predicted octanol–water partition coefficient (Wildman–Crippen LogP) is 2.77. The molecule has 0 aliphatic carbocycles. The van der Waals surface area contributed by atoms with Crippen LogP contribution in [0.2, 0.25) is 0 Å². The lowest BCUT2D eigenvalue weighted by atomic mass is 10.2. The maximum absolute atomic E-state index is 13.6. The van der Waals surface area contributed by atoms with E-state index in [0.717, 1.165) is 0 Å². The number of hydrogen-bond donors (Lipinski definition) is 2. The number of anilines is 2. The first-order valence-corrected chi connectivity index (χ1v) is 6.11. The molecule has 4 nitrogen and oxygen atoms in total. The van der Waals surface area contributed by atoms with Gasteiger partial charge in [0.25, 0.3) is 0 Å². The minimum Gasteiger partial charge on any atom is -0.490 e. The molecule has 0 aliphatic rings. The van der Waals surface area contributed by atoms with E-state index in [1.165, 1.54) is 12.1 Å². The third kappa shape index (κ3) is 3.39. The molecule has 0 aromatic heterocycles. The largest absolute Gasteiger partial charge is 0.490 e. The zero-order chi connectivity index (χ0) is 14.4. The average Bonchev–Trinajstić information content (AvgIpc) is 2.46. The van der Waals surface area contributed by atoms with E-state index in [-0.39, 0.29) is 0 Å². The number of nitrogens with one attached hydrogen (secondary N) is 1. The van der Waals surface area contributed by atoms with Gasteiger partial charge in [-0.25, -0.2) is 4.39 Å². The van der Waals surface area contributed by atoms with E-state index >= 15 is 0 Å². The second-order valence-electron chi connectivity index (χ2n) is 4.12. The molecular weight excluding hydrogens is 257 g/mol. The molecule has 0 heterocycles. The van der Waals surface area contributed by atoms with Gasteiger partial charge in [-0.2, -0.15) is 5.26 Å². The van der Waals surface area contributed by atoms with E-state index < -0.39 is 5.82 Å². The Morgan fingerprint density at radius 2 is 2.05 bits per heavy atom. The van der Waals surface area contributed by atoms with Crippen molar-refractivity contribution in [3.8, 4) is 11.8 Å². The lowest BCUT2D eigenvalue weighted by molar-refractivity contribution is 0.334. The Morgan fingerprint density at radius 1 is 1.25 bits per heavy atom. The number of benzene rings is 2. The summed E-state index contributed by atoms with van der Waals surface area (Å²) in [6.45, 7) is 0.783. The van der Waals surface area contributed by atoms with Crippen molar-refractivity contribution in [2.45, 2.75) is 0 Å². The van der Waals surface area contributed by atoms with Gasteiger partial charge in [0.15, 0.2) is 0 Å². The van der Waals surface area contributed by atoms with E-state index in [1.54, 1.807) is 18.2 Å². The Labute approximate surface area is 116 Å². The number of nitrogens with two attached hydrogens (primary N) is 1. The van der Waals surface area contributed by atoms with Crippen molar-refractivity contribution in [2.75, 3.05) is 24.2 Å². The van der Waals surface area contributed by atoms with E-state index in [0.29, 0.717) is 35.8 Å². The highest BCUT2D eigenvalue weighted by Crippen LogP contribution is 2.19. The molecular formula is C15H14FN3O. The van der Waals surface area contributed by atoms with Gasteiger partial charge >= 0.3 is 0 Å². The molecule has 0 unspecified atom stereocenters. The van der Waals surface area contributed by atoms with Crippen LogP contribution in [0.3, 0.4) is 0 Å². The number of rotatable bonds is 5. The van der Waals surface area contributed by atoms with Crippen LogP contribution >= 0.6 is 0 Å². The molecule has 2 rings (SSSR count). The van der Waals surface area contributed by atoms with Crippen LogP contribution in [0, 0.1) is 17.1 Å². The molecule has 5 heteroatoms. The number of ether oxygens (including phenoxy) is 1. The highest BCUT2D eigenvalue weighted by Gasteiger charge is 2.03. The molecule has 3 N–H and O–H groups in total. The van der Waals surface area contributed by atoms with Crippen molar-refractivity contribution in [3.63, 3.8) is 0 Å². The van der Waals surface area contributed by atoms with Crippen molar-refractivity contribution in [1.82, 2.24) is 0 Å². The van der Waals surface area contributed by atoms with E-state index in [4.69, 9.17) is 15.7 Å². The summed E-state index contributed by atoms with van der Waals surface area (Å²) in [5.41, 5.74) is 6.93. The van der Waals surface area contributed by atoms with Gasteiger partial charge in [0.2, 0.25) is 0 Å². The maximum Gasteiger partial charge on any atom is 0.147 e. The smallest absolute Gasteiger partial charge is 0.147 e. The van der Waals surface area contributed by atoms with Crippen LogP contribution in [-0.4, -0.2) is 13.2 Å².